The Morgan fingerprint density at radius 2 is 1.95 bits per heavy atom. The third-order valence-corrected chi connectivity index (χ3v) is 3.49. The summed E-state index contributed by atoms with van der Waals surface area (Å²) in [5.41, 5.74) is 2.27. The summed E-state index contributed by atoms with van der Waals surface area (Å²) in [4.78, 5) is 12.1. The quantitative estimate of drug-likeness (QED) is 0.854. The SMILES string of the molecule is CC[C@H](C)NC(=O)[C@@H](CC)Oc1cccc(C)c1C. The number of carbonyl (C=O) groups excluding carboxylic acids is 1. The van der Waals surface area contributed by atoms with Crippen molar-refractivity contribution in [3.05, 3.63) is 29.3 Å². The van der Waals surface area contributed by atoms with Crippen molar-refractivity contribution in [1.82, 2.24) is 5.32 Å². The van der Waals surface area contributed by atoms with Crippen LogP contribution in [0.25, 0.3) is 0 Å². The lowest BCUT2D eigenvalue weighted by Gasteiger charge is -2.21. The molecule has 0 spiro atoms. The molecular weight excluding hydrogens is 238 g/mol. The number of aryl methyl sites for hydroxylation is 1. The van der Waals surface area contributed by atoms with E-state index in [9.17, 15) is 4.79 Å². The van der Waals surface area contributed by atoms with E-state index in [4.69, 9.17) is 4.74 Å². The molecule has 3 heteroatoms. The fourth-order valence-corrected chi connectivity index (χ4v) is 1.77. The van der Waals surface area contributed by atoms with Gasteiger partial charge in [-0.3, -0.25) is 4.79 Å². The van der Waals surface area contributed by atoms with E-state index < -0.39 is 6.10 Å². The molecule has 0 heterocycles. The topological polar surface area (TPSA) is 38.3 Å². The molecule has 1 aromatic carbocycles. The predicted molar refractivity (Wildman–Crippen MR) is 78.5 cm³/mol. The zero-order valence-corrected chi connectivity index (χ0v) is 12.6. The predicted octanol–water partition coefficient (Wildman–Crippen LogP) is 3.38. The lowest BCUT2D eigenvalue weighted by atomic mass is 10.1. The molecular formula is C16H25NO2. The molecule has 0 fully saturated rings. The molecule has 0 bridgehead atoms. The Bertz CT molecular complexity index is 429. The van der Waals surface area contributed by atoms with Crippen LogP contribution in [0.2, 0.25) is 0 Å². The standard InChI is InChI=1S/C16H25NO2/c1-6-12(4)17-16(18)14(7-2)19-15-10-8-9-11(3)13(15)5/h8-10,12,14H,6-7H2,1-5H3,(H,17,18)/t12-,14+/m0/s1. The van der Waals surface area contributed by atoms with Gasteiger partial charge in [0.05, 0.1) is 0 Å². The lowest BCUT2D eigenvalue weighted by Crippen LogP contribution is -2.42. The Morgan fingerprint density at radius 3 is 2.53 bits per heavy atom. The lowest BCUT2D eigenvalue weighted by molar-refractivity contribution is -0.128. The molecule has 0 unspecified atom stereocenters. The highest BCUT2D eigenvalue weighted by atomic mass is 16.5. The van der Waals surface area contributed by atoms with Crippen molar-refractivity contribution in [3.8, 4) is 5.75 Å². The van der Waals surface area contributed by atoms with Gasteiger partial charge in [0.25, 0.3) is 5.91 Å². The van der Waals surface area contributed by atoms with Crippen molar-refractivity contribution in [1.29, 1.82) is 0 Å². The van der Waals surface area contributed by atoms with Crippen LogP contribution in [0.3, 0.4) is 0 Å². The largest absolute Gasteiger partial charge is 0.480 e. The Labute approximate surface area is 116 Å². The number of hydrogen-bond acceptors (Lipinski definition) is 2. The number of ether oxygens (including phenoxy) is 1. The second-order valence-electron chi connectivity index (χ2n) is 5.03. The Morgan fingerprint density at radius 1 is 1.26 bits per heavy atom. The third-order valence-electron chi connectivity index (χ3n) is 3.49. The van der Waals surface area contributed by atoms with Crippen molar-refractivity contribution < 1.29 is 9.53 Å². The fraction of sp³-hybridized carbons (Fsp3) is 0.562. The van der Waals surface area contributed by atoms with E-state index in [-0.39, 0.29) is 11.9 Å². The van der Waals surface area contributed by atoms with Gasteiger partial charge in [0.15, 0.2) is 6.10 Å². The molecule has 0 aliphatic heterocycles. The average Bonchev–Trinajstić information content (AvgIpc) is 2.40. The Kier molecular flexibility index (Phi) is 5.87. The summed E-state index contributed by atoms with van der Waals surface area (Å²) in [5, 5.41) is 2.97. The molecule has 1 N–H and O–H groups in total. The van der Waals surface area contributed by atoms with Crippen molar-refractivity contribution >= 4 is 5.91 Å². The maximum Gasteiger partial charge on any atom is 0.261 e. The van der Waals surface area contributed by atoms with Crippen molar-refractivity contribution in [2.75, 3.05) is 0 Å². The first-order valence-corrected chi connectivity index (χ1v) is 7.02. The van der Waals surface area contributed by atoms with Crippen LogP contribution in [0, 0.1) is 13.8 Å². The van der Waals surface area contributed by atoms with Crippen LogP contribution < -0.4 is 10.1 Å². The van der Waals surface area contributed by atoms with Crippen molar-refractivity contribution in [3.63, 3.8) is 0 Å². The number of rotatable bonds is 6. The molecule has 1 rings (SSSR count). The second-order valence-corrected chi connectivity index (χ2v) is 5.03. The second kappa shape index (κ2) is 7.17. The molecule has 0 radical (unpaired) electrons. The third kappa shape index (κ3) is 4.27. The minimum Gasteiger partial charge on any atom is -0.480 e. The molecule has 0 aromatic heterocycles. The van der Waals surface area contributed by atoms with Gasteiger partial charge < -0.3 is 10.1 Å². The highest BCUT2D eigenvalue weighted by Crippen LogP contribution is 2.22. The van der Waals surface area contributed by atoms with E-state index in [1.165, 1.54) is 5.56 Å². The van der Waals surface area contributed by atoms with E-state index in [0.29, 0.717) is 6.42 Å². The molecule has 0 saturated heterocycles. The molecule has 0 aliphatic rings. The molecule has 19 heavy (non-hydrogen) atoms. The van der Waals surface area contributed by atoms with E-state index in [2.05, 4.69) is 12.2 Å². The minimum absolute atomic E-state index is 0.0299. The number of amides is 1. The van der Waals surface area contributed by atoms with Gasteiger partial charge in [-0.15, -0.1) is 0 Å². The highest BCUT2D eigenvalue weighted by molar-refractivity contribution is 5.81. The normalized spacial score (nSPS) is 13.7. The van der Waals surface area contributed by atoms with Gasteiger partial charge in [-0.2, -0.15) is 0 Å². The molecule has 1 amide bonds. The molecule has 3 nitrogen and oxygen atoms in total. The Balaban J connectivity index is 2.76. The first kappa shape index (κ1) is 15.5. The monoisotopic (exact) mass is 263 g/mol. The van der Waals surface area contributed by atoms with Gasteiger partial charge in [0, 0.05) is 6.04 Å². The van der Waals surface area contributed by atoms with Gasteiger partial charge >= 0.3 is 0 Å². The van der Waals surface area contributed by atoms with Gasteiger partial charge in [-0.1, -0.05) is 26.0 Å². The van der Waals surface area contributed by atoms with Gasteiger partial charge in [0.1, 0.15) is 5.75 Å². The fourth-order valence-electron chi connectivity index (χ4n) is 1.77. The first-order chi connectivity index (χ1) is 8.99. The van der Waals surface area contributed by atoms with Crippen LogP contribution in [-0.4, -0.2) is 18.1 Å². The maximum absolute atomic E-state index is 12.1. The summed E-state index contributed by atoms with van der Waals surface area (Å²) in [5.74, 6) is 0.768. The number of hydrogen-bond donors (Lipinski definition) is 1. The van der Waals surface area contributed by atoms with E-state index in [1.54, 1.807) is 0 Å². The van der Waals surface area contributed by atoms with E-state index >= 15 is 0 Å². The molecule has 106 valence electrons. The van der Waals surface area contributed by atoms with E-state index in [0.717, 1.165) is 17.7 Å². The Hall–Kier alpha value is -1.51. The van der Waals surface area contributed by atoms with E-state index in [1.807, 2.05) is 45.9 Å². The van der Waals surface area contributed by atoms with Crippen molar-refractivity contribution in [2.24, 2.45) is 0 Å². The molecule has 0 saturated carbocycles. The summed E-state index contributed by atoms with van der Waals surface area (Å²) < 4.78 is 5.87. The van der Waals surface area contributed by atoms with Gasteiger partial charge in [-0.25, -0.2) is 0 Å². The number of carbonyl (C=O) groups is 1. The van der Waals surface area contributed by atoms with Crippen LogP contribution in [0.15, 0.2) is 18.2 Å². The summed E-state index contributed by atoms with van der Waals surface area (Å²) >= 11 is 0. The zero-order chi connectivity index (χ0) is 14.4. The zero-order valence-electron chi connectivity index (χ0n) is 12.6. The maximum atomic E-state index is 12.1. The van der Waals surface area contributed by atoms with Gasteiger partial charge in [-0.05, 0) is 50.8 Å². The highest BCUT2D eigenvalue weighted by Gasteiger charge is 2.20. The summed E-state index contributed by atoms with van der Waals surface area (Å²) in [6, 6.07) is 6.10. The van der Waals surface area contributed by atoms with Crippen LogP contribution >= 0.6 is 0 Å². The minimum atomic E-state index is -0.422. The first-order valence-electron chi connectivity index (χ1n) is 7.02. The van der Waals surface area contributed by atoms with Crippen LogP contribution in [0.5, 0.6) is 5.75 Å². The van der Waals surface area contributed by atoms with Crippen LogP contribution in [0.4, 0.5) is 0 Å². The van der Waals surface area contributed by atoms with Crippen molar-refractivity contribution in [2.45, 2.75) is 59.6 Å². The molecule has 1 aromatic rings. The number of nitrogens with one attached hydrogen (secondary N) is 1. The van der Waals surface area contributed by atoms with Crippen LogP contribution in [0.1, 0.15) is 44.7 Å². The smallest absolute Gasteiger partial charge is 0.261 e. The summed E-state index contributed by atoms with van der Waals surface area (Å²) in [6.45, 7) is 10.1. The average molecular weight is 263 g/mol. The number of benzene rings is 1. The summed E-state index contributed by atoms with van der Waals surface area (Å²) in [7, 11) is 0. The van der Waals surface area contributed by atoms with Gasteiger partial charge in [0.2, 0.25) is 0 Å². The molecule has 0 aliphatic carbocycles. The van der Waals surface area contributed by atoms with Crippen LogP contribution in [-0.2, 0) is 4.79 Å². The summed E-state index contributed by atoms with van der Waals surface area (Å²) in [6.07, 6.45) is 1.16. The molecule has 2 atom stereocenters.